The number of pyridine rings is 1. The molecule has 0 saturated carbocycles. The zero-order valence-electron chi connectivity index (χ0n) is 24.1. The lowest BCUT2D eigenvalue weighted by Gasteiger charge is -2.33. The minimum absolute atomic E-state index is 0. The molecule has 1 aliphatic rings. The lowest BCUT2D eigenvalue weighted by molar-refractivity contribution is -0.135. The SMILES string of the molecule is CCN(CC)CCCN1CCCC(c2ccc(C(=O)Nc3c(O)cc(Cl)cc3C(=O)Nc3ccc(Cl)cn3)cc2)C1=O.Cl. The Morgan fingerprint density at radius 1 is 1.02 bits per heavy atom. The molecule has 4 rings (SSSR count). The maximum atomic E-state index is 13.3. The number of nitrogens with zero attached hydrogens (tertiary/aromatic N) is 3. The van der Waals surface area contributed by atoms with E-state index in [1.165, 1.54) is 24.4 Å². The maximum Gasteiger partial charge on any atom is 0.259 e. The molecule has 1 saturated heterocycles. The van der Waals surface area contributed by atoms with E-state index in [2.05, 4.69) is 34.4 Å². The number of aromatic hydroxyl groups is 1. The van der Waals surface area contributed by atoms with Crippen LogP contribution in [0.5, 0.6) is 5.75 Å². The van der Waals surface area contributed by atoms with E-state index in [4.69, 9.17) is 23.2 Å². The Hall–Kier alpha value is -3.37. The molecule has 43 heavy (non-hydrogen) atoms. The second-order valence-corrected chi connectivity index (χ2v) is 11.0. The summed E-state index contributed by atoms with van der Waals surface area (Å²) in [5.74, 6) is -1.43. The van der Waals surface area contributed by atoms with Gasteiger partial charge in [-0.15, -0.1) is 12.4 Å². The highest BCUT2D eigenvalue weighted by Gasteiger charge is 2.30. The van der Waals surface area contributed by atoms with Gasteiger partial charge in [0, 0.05) is 35.9 Å². The van der Waals surface area contributed by atoms with Crippen molar-refractivity contribution in [3.05, 3.63) is 81.5 Å². The van der Waals surface area contributed by atoms with Crippen LogP contribution in [-0.2, 0) is 4.79 Å². The molecule has 230 valence electrons. The third kappa shape index (κ3) is 8.83. The molecule has 0 aliphatic carbocycles. The van der Waals surface area contributed by atoms with Crippen LogP contribution in [0.2, 0.25) is 10.0 Å². The van der Waals surface area contributed by atoms with Gasteiger partial charge in [-0.3, -0.25) is 14.4 Å². The number of carbonyl (C=O) groups excluding carboxylic acids is 3. The molecule has 0 radical (unpaired) electrons. The summed E-state index contributed by atoms with van der Waals surface area (Å²) in [4.78, 5) is 47.8. The first kappa shape index (κ1) is 34.1. The number of likely N-dealkylation sites (tertiary alicyclic amines) is 1. The third-order valence-electron chi connectivity index (χ3n) is 7.44. The van der Waals surface area contributed by atoms with E-state index in [0.29, 0.717) is 10.6 Å². The number of rotatable bonds is 11. The van der Waals surface area contributed by atoms with Crippen LogP contribution in [0.1, 0.15) is 65.3 Å². The summed E-state index contributed by atoms with van der Waals surface area (Å²) >= 11 is 12.0. The van der Waals surface area contributed by atoms with E-state index < -0.39 is 11.8 Å². The van der Waals surface area contributed by atoms with Crippen molar-refractivity contribution in [2.75, 3.05) is 43.4 Å². The summed E-state index contributed by atoms with van der Waals surface area (Å²) in [6.45, 7) is 8.76. The molecular formula is C31H36Cl3N5O4. The average Bonchev–Trinajstić information content (AvgIpc) is 2.98. The van der Waals surface area contributed by atoms with Crippen LogP contribution in [-0.4, -0.2) is 70.3 Å². The normalized spacial score (nSPS) is 14.8. The number of benzene rings is 2. The summed E-state index contributed by atoms with van der Waals surface area (Å²) < 4.78 is 0. The number of nitrogens with one attached hydrogen (secondary N) is 2. The van der Waals surface area contributed by atoms with Gasteiger partial charge in [-0.05, 0) is 74.8 Å². The van der Waals surface area contributed by atoms with Gasteiger partial charge < -0.3 is 25.5 Å². The molecule has 0 spiro atoms. The number of hydrogen-bond donors (Lipinski definition) is 3. The van der Waals surface area contributed by atoms with Gasteiger partial charge in [0.25, 0.3) is 11.8 Å². The van der Waals surface area contributed by atoms with Crippen LogP contribution in [0.25, 0.3) is 0 Å². The molecule has 0 bridgehead atoms. The number of hydrogen-bond acceptors (Lipinski definition) is 6. The molecule has 12 heteroatoms. The van der Waals surface area contributed by atoms with Crippen molar-refractivity contribution in [3.8, 4) is 5.75 Å². The van der Waals surface area contributed by atoms with Crippen LogP contribution < -0.4 is 10.6 Å². The van der Waals surface area contributed by atoms with Crippen molar-refractivity contribution in [3.63, 3.8) is 0 Å². The van der Waals surface area contributed by atoms with Gasteiger partial charge in [-0.2, -0.15) is 0 Å². The highest BCUT2D eigenvalue weighted by molar-refractivity contribution is 6.32. The maximum absolute atomic E-state index is 13.3. The standard InChI is InChI=1S/C31H35Cl2N5O4.ClH/c1-3-37(4-2)14-6-16-38-15-5-7-24(31(38)42)20-8-10-21(11-9-20)29(40)36-28-25(17-23(33)18-26(28)39)30(41)35-27-13-12-22(32)19-34-27;/h8-13,17-19,24,39H,3-7,14-16H2,1-2H3,(H,36,40)(H,34,35,41);1H. The first-order valence-corrected chi connectivity index (χ1v) is 14.8. The summed E-state index contributed by atoms with van der Waals surface area (Å²) in [6.07, 6.45) is 4.00. The first-order chi connectivity index (χ1) is 20.2. The summed E-state index contributed by atoms with van der Waals surface area (Å²) in [6, 6.07) is 12.5. The van der Waals surface area contributed by atoms with Crippen LogP contribution in [0, 0.1) is 0 Å². The van der Waals surface area contributed by atoms with Crippen LogP contribution in [0.3, 0.4) is 0 Å². The molecular weight excluding hydrogens is 613 g/mol. The van der Waals surface area contributed by atoms with Crippen molar-refractivity contribution >= 4 is 64.8 Å². The average molecular weight is 649 g/mol. The molecule has 2 heterocycles. The zero-order valence-corrected chi connectivity index (χ0v) is 26.4. The minimum Gasteiger partial charge on any atom is -0.506 e. The summed E-state index contributed by atoms with van der Waals surface area (Å²) in [5.41, 5.74) is 1.02. The minimum atomic E-state index is -0.634. The number of amides is 3. The molecule has 1 unspecified atom stereocenters. The number of piperidine rings is 1. The van der Waals surface area contributed by atoms with Crippen molar-refractivity contribution in [2.24, 2.45) is 0 Å². The van der Waals surface area contributed by atoms with E-state index in [-0.39, 0.29) is 52.1 Å². The molecule has 1 aliphatic heterocycles. The fraction of sp³-hybridized carbons (Fsp3) is 0.355. The molecule has 1 aromatic heterocycles. The zero-order chi connectivity index (χ0) is 30.2. The van der Waals surface area contributed by atoms with Gasteiger partial charge in [0.05, 0.1) is 22.2 Å². The van der Waals surface area contributed by atoms with Crippen molar-refractivity contribution < 1.29 is 19.5 Å². The highest BCUT2D eigenvalue weighted by Crippen LogP contribution is 2.33. The quantitative estimate of drug-likeness (QED) is 0.206. The Kier molecular flexibility index (Phi) is 12.6. The highest BCUT2D eigenvalue weighted by atomic mass is 35.5. The van der Waals surface area contributed by atoms with E-state index >= 15 is 0 Å². The second kappa shape index (κ2) is 15.9. The molecule has 2 aromatic carbocycles. The van der Waals surface area contributed by atoms with Crippen LogP contribution in [0.4, 0.5) is 11.5 Å². The predicted molar refractivity (Wildman–Crippen MR) is 173 cm³/mol. The summed E-state index contributed by atoms with van der Waals surface area (Å²) in [7, 11) is 0. The van der Waals surface area contributed by atoms with E-state index in [9.17, 15) is 19.5 Å². The number of aromatic nitrogens is 1. The molecule has 9 nitrogen and oxygen atoms in total. The van der Waals surface area contributed by atoms with Crippen LogP contribution >= 0.6 is 35.6 Å². The van der Waals surface area contributed by atoms with E-state index in [1.807, 2.05) is 4.90 Å². The van der Waals surface area contributed by atoms with Gasteiger partial charge in [-0.1, -0.05) is 49.2 Å². The molecule has 1 atom stereocenters. The Labute approximate surface area is 268 Å². The Morgan fingerprint density at radius 2 is 1.74 bits per heavy atom. The first-order valence-electron chi connectivity index (χ1n) is 14.1. The van der Waals surface area contributed by atoms with Crippen molar-refractivity contribution in [2.45, 2.75) is 39.0 Å². The molecule has 3 N–H and O–H groups in total. The Bertz CT molecular complexity index is 1420. The fourth-order valence-electron chi connectivity index (χ4n) is 5.09. The number of carbonyl (C=O) groups is 3. The Morgan fingerprint density at radius 3 is 2.40 bits per heavy atom. The lowest BCUT2D eigenvalue weighted by Crippen LogP contribution is -2.41. The Balaban J connectivity index is 0.00000506. The largest absolute Gasteiger partial charge is 0.506 e. The van der Waals surface area contributed by atoms with Gasteiger partial charge in [-0.25, -0.2) is 4.98 Å². The predicted octanol–water partition coefficient (Wildman–Crippen LogP) is 6.46. The smallest absolute Gasteiger partial charge is 0.259 e. The second-order valence-electron chi connectivity index (χ2n) is 10.1. The number of anilines is 2. The fourth-order valence-corrected chi connectivity index (χ4v) is 5.41. The molecule has 3 aromatic rings. The van der Waals surface area contributed by atoms with Gasteiger partial charge in [0.2, 0.25) is 5.91 Å². The van der Waals surface area contributed by atoms with Crippen molar-refractivity contribution in [1.82, 2.24) is 14.8 Å². The van der Waals surface area contributed by atoms with Crippen molar-refractivity contribution in [1.29, 1.82) is 0 Å². The monoisotopic (exact) mass is 647 g/mol. The molecule has 1 fully saturated rings. The van der Waals surface area contributed by atoms with Gasteiger partial charge in [0.15, 0.2) is 0 Å². The van der Waals surface area contributed by atoms with E-state index in [1.54, 1.807) is 30.3 Å². The number of halogens is 3. The molecule has 3 amide bonds. The van der Waals surface area contributed by atoms with Gasteiger partial charge in [0.1, 0.15) is 11.6 Å². The van der Waals surface area contributed by atoms with E-state index in [0.717, 1.165) is 57.5 Å². The third-order valence-corrected chi connectivity index (χ3v) is 7.88. The lowest BCUT2D eigenvalue weighted by atomic mass is 9.89. The number of phenolic OH excluding ortho intramolecular Hbond substituents is 1. The summed E-state index contributed by atoms with van der Waals surface area (Å²) in [5, 5.41) is 16.3. The van der Waals surface area contributed by atoms with Gasteiger partial charge >= 0.3 is 0 Å². The number of phenols is 1. The van der Waals surface area contributed by atoms with Crippen LogP contribution in [0.15, 0.2) is 54.7 Å². The topological polar surface area (TPSA) is 115 Å².